The van der Waals surface area contributed by atoms with Crippen molar-refractivity contribution in [2.24, 2.45) is 11.7 Å². The molecule has 14 heavy (non-hydrogen) atoms. The average molecular weight is 210 g/mol. The molecule has 1 aliphatic carbocycles. The predicted molar refractivity (Wildman–Crippen MR) is 60.5 cm³/mol. The van der Waals surface area contributed by atoms with E-state index >= 15 is 0 Å². The van der Waals surface area contributed by atoms with Gasteiger partial charge in [0.15, 0.2) is 0 Å². The first-order valence-corrected chi connectivity index (χ1v) is 6.31. The van der Waals surface area contributed by atoms with Gasteiger partial charge in [0.2, 0.25) is 0 Å². The Kier molecular flexibility index (Phi) is 2.88. The molecule has 1 fully saturated rings. The third kappa shape index (κ3) is 1.98. The lowest BCUT2D eigenvalue weighted by Gasteiger charge is -2.06. The van der Waals surface area contributed by atoms with Gasteiger partial charge in [-0.1, -0.05) is 13.8 Å². The van der Waals surface area contributed by atoms with E-state index in [4.69, 9.17) is 5.73 Å². The van der Waals surface area contributed by atoms with Crippen molar-refractivity contribution in [3.05, 3.63) is 16.1 Å². The zero-order chi connectivity index (χ0) is 10.1. The summed E-state index contributed by atoms with van der Waals surface area (Å²) in [6, 6.07) is 0.206. The molecular formula is C11H18N2S. The standard InChI is InChI=1S/C11H18N2S/c1-3-7(2)9-6-14-11(13-9)10(12)8-4-5-8/h6-8,10H,3-5,12H2,1-2H3. The number of nitrogens with zero attached hydrogens (tertiary/aromatic N) is 1. The minimum absolute atomic E-state index is 0.206. The third-order valence-electron chi connectivity index (χ3n) is 3.07. The van der Waals surface area contributed by atoms with E-state index in [0.29, 0.717) is 11.8 Å². The number of hydrogen-bond donors (Lipinski definition) is 1. The van der Waals surface area contributed by atoms with Crippen LogP contribution < -0.4 is 5.73 Å². The largest absolute Gasteiger partial charge is 0.322 e. The number of thiazole rings is 1. The van der Waals surface area contributed by atoms with Crippen molar-refractivity contribution in [2.45, 2.75) is 45.1 Å². The maximum absolute atomic E-state index is 6.10. The fourth-order valence-corrected chi connectivity index (χ4v) is 2.58. The normalized spacial score (nSPS) is 20.8. The van der Waals surface area contributed by atoms with Crippen LogP contribution in [-0.4, -0.2) is 4.98 Å². The minimum Gasteiger partial charge on any atom is -0.322 e. The van der Waals surface area contributed by atoms with Crippen molar-refractivity contribution in [3.63, 3.8) is 0 Å². The van der Waals surface area contributed by atoms with E-state index in [-0.39, 0.29) is 6.04 Å². The molecule has 0 amide bonds. The molecule has 1 saturated carbocycles. The predicted octanol–water partition coefficient (Wildman–Crippen LogP) is 3.07. The van der Waals surface area contributed by atoms with Gasteiger partial charge in [0, 0.05) is 5.38 Å². The van der Waals surface area contributed by atoms with Crippen LogP contribution in [0, 0.1) is 5.92 Å². The summed E-state index contributed by atoms with van der Waals surface area (Å²) in [6.07, 6.45) is 3.74. The quantitative estimate of drug-likeness (QED) is 0.829. The zero-order valence-electron chi connectivity index (χ0n) is 8.86. The van der Waals surface area contributed by atoms with Crippen molar-refractivity contribution in [2.75, 3.05) is 0 Å². The van der Waals surface area contributed by atoms with Crippen LogP contribution in [0.25, 0.3) is 0 Å². The van der Waals surface area contributed by atoms with E-state index in [2.05, 4.69) is 24.2 Å². The second kappa shape index (κ2) is 3.99. The highest BCUT2D eigenvalue weighted by atomic mass is 32.1. The lowest BCUT2D eigenvalue weighted by Crippen LogP contribution is -2.12. The molecule has 1 aromatic heterocycles. The lowest BCUT2D eigenvalue weighted by atomic mass is 10.1. The summed E-state index contributed by atoms with van der Waals surface area (Å²) in [6.45, 7) is 4.42. The van der Waals surface area contributed by atoms with Crippen LogP contribution in [0.2, 0.25) is 0 Å². The highest BCUT2D eigenvalue weighted by molar-refractivity contribution is 7.09. The van der Waals surface area contributed by atoms with Gasteiger partial charge in [-0.3, -0.25) is 0 Å². The summed E-state index contributed by atoms with van der Waals surface area (Å²) in [5.41, 5.74) is 7.33. The molecule has 0 spiro atoms. The van der Waals surface area contributed by atoms with Crippen molar-refractivity contribution in [3.8, 4) is 0 Å². The lowest BCUT2D eigenvalue weighted by molar-refractivity contribution is 0.620. The van der Waals surface area contributed by atoms with Gasteiger partial charge >= 0.3 is 0 Å². The summed E-state index contributed by atoms with van der Waals surface area (Å²) < 4.78 is 0. The van der Waals surface area contributed by atoms with E-state index in [9.17, 15) is 0 Å². The summed E-state index contributed by atoms with van der Waals surface area (Å²) in [5.74, 6) is 1.29. The summed E-state index contributed by atoms with van der Waals surface area (Å²) in [5, 5.41) is 3.31. The first-order valence-electron chi connectivity index (χ1n) is 5.43. The van der Waals surface area contributed by atoms with E-state index in [1.807, 2.05) is 0 Å². The Bertz CT molecular complexity index is 304. The molecule has 1 aliphatic rings. The van der Waals surface area contributed by atoms with Crippen molar-refractivity contribution < 1.29 is 0 Å². The van der Waals surface area contributed by atoms with Crippen LogP contribution in [0.1, 0.15) is 55.8 Å². The first-order chi connectivity index (χ1) is 6.72. The maximum Gasteiger partial charge on any atom is 0.110 e. The molecule has 3 heteroatoms. The fraction of sp³-hybridized carbons (Fsp3) is 0.727. The summed E-state index contributed by atoms with van der Waals surface area (Å²) in [4.78, 5) is 4.64. The molecule has 0 aromatic carbocycles. The van der Waals surface area contributed by atoms with Crippen LogP contribution >= 0.6 is 11.3 Å². The van der Waals surface area contributed by atoms with E-state index in [1.54, 1.807) is 11.3 Å². The smallest absolute Gasteiger partial charge is 0.110 e. The second-order valence-corrected chi connectivity index (χ2v) is 5.17. The third-order valence-corrected chi connectivity index (χ3v) is 4.04. The molecule has 78 valence electrons. The molecule has 0 radical (unpaired) electrons. The first kappa shape index (κ1) is 10.1. The molecule has 1 aromatic rings. The minimum atomic E-state index is 0.206. The summed E-state index contributed by atoms with van der Waals surface area (Å²) >= 11 is 1.73. The van der Waals surface area contributed by atoms with Crippen LogP contribution in [0.4, 0.5) is 0 Å². The SMILES string of the molecule is CCC(C)c1csc(C(N)C2CC2)n1. The molecular weight excluding hydrogens is 192 g/mol. The highest BCUT2D eigenvalue weighted by Crippen LogP contribution is 2.40. The van der Waals surface area contributed by atoms with Gasteiger partial charge in [-0.25, -0.2) is 4.98 Å². The molecule has 1 heterocycles. The van der Waals surface area contributed by atoms with Gasteiger partial charge in [0.05, 0.1) is 11.7 Å². The van der Waals surface area contributed by atoms with Crippen molar-refractivity contribution >= 4 is 11.3 Å². The maximum atomic E-state index is 6.10. The van der Waals surface area contributed by atoms with Crippen molar-refractivity contribution in [1.82, 2.24) is 4.98 Å². The van der Waals surface area contributed by atoms with Gasteiger partial charge in [0.25, 0.3) is 0 Å². The molecule has 2 N–H and O–H groups in total. The molecule has 2 atom stereocenters. The Morgan fingerprint density at radius 3 is 2.93 bits per heavy atom. The average Bonchev–Trinajstić information content (AvgIpc) is 2.93. The Morgan fingerprint density at radius 2 is 2.36 bits per heavy atom. The second-order valence-electron chi connectivity index (χ2n) is 4.28. The molecule has 2 nitrogen and oxygen atoms in total. The van der Waals surface area contributed by atoms with Crippen LogP contribution in [-0.2, 0) is 0 Å². The van der Waals surface area contributed by atoms with Gasteiger partial charge in [-0.05, 0) is 31.1 Å². The Labute approximate surface area is 89.5 Å². The highest BCUT2D eigenvalue weighted by Gasteiger charge is 2.31. The number of aromatic nitrogens is 1. The number of rotatable bonds is 4. The van der Waals surface area contributed by atoms with Crippen molar-refractivity contribution in [1.29, 1.82) is 0 Å². The number of nitrogens with two attached hydrogens (primary N) is 1. The molecule has 2 unspecified atom stereocenters. The van der Waals surface area contributed by atoms with Crippen LogP contribution in [0.3, 0.4) is 0 Å². The Morgan fingerprint density at radius 1 is 1.64 bits per heavy atom. The number of hydrogen-bond acceptors (Lipinski definition) is 3. The topological polar surface area (TPSA) is 38.9 Å². The summed E-state index contributed by atoms with van der Waals surface area (Å²) in [7, 11) is 0. The van der Waals surface area contributed by atoms with Gasteiger partial charge < -0.3 is 5.73 Å². The molecule has 2 rings (SSSR count). The van der Waals surface area contributed by atoms with Crippen LogP contribution in [0.15, 0.2) is 5.38 Å². The molecule has 0 bridgehead atoms. The van der Waals surface area contributed by atoms with E-state index in [0.717, 1.165) is 11.4 Å². The van der Waals surface area contributed by atoms with Gasteiger partial charge in [-0.2, -0.15) is 0 Å². The van der Waals surface area contributed by atoms with Gasteiger partial charge in [0.1, 0.15) is 5.01 Å². The molecule has 0 saturated heterocycles. The zero-order valence-corrected chi connectivity index (χ0v) is 9.68. The Balaban J connectivity index is 2.08. The van der Waals surface area contributed by atoms with Gasteiger partial charge in [-0.15, -0.1) is 11.3 Å². The molecule has 0 aliphatic heterocycles. The van der Waals surface area contributed by atoms with E-state index in [1.165, 1.54) is 18.5 Å². The fourth-order valence-electron chi connectivity index (χ4n) is 1.55. The Hall–Kier alpha value is -0.410. The van der Waals surface area contributed by atoms with E-state index < -0.39 is 0 Å². The monoisotopic (exact) mass is 210 g/mol. The van der Waals surface area contributed by atoms with Crippen LogP contribution in [0.5, 0.6) is 0 Å².